The topological polar surface area (TPSA) is 35.5 Å². The van der Waals surface area contributed by atoms with Crippen molar-refractivity contribution in [2.75, 3.05) is 13.2 Å². The van der Waals surface area contributed by atoms with E-state index < -0.39 is 0 Å². The van der Waals surface area contributed by atoms with Gasteiger partial charge in [-0.25, -0.2) is 4.79 Å². The van der Waals surface area contributed by atoms with Gasteiger partial charge < -0.3 is 9.47 Å². The van der Waals surface area contributed by atoms with E-state index in [-0.39, 0.29) is 5.97 Å². The fraction of sp³-hybridized carbons (Fsp3) is 0.417. The largest absolute Gasteiger partial charge is 0.494 e. The monoisotopic (exact) mass is 286 g/mol. The molecule has 0 aliphatic carbocycles. The van der Waals surface area contributed by atoms with E-state index in [2.05, 4.69) is 15.9 Å². The SMILES string of the molecule is CCOC(=O)c1c(Br)ccc(OCC)c1C. The molecular formula is C12H15BrO3. The molecule has 0 aliphatic rings. The van der Waals surface area contributed by atoms with Gasteiger partial charge in [-0.15, -0.1) is 0 Å². The molecular weight excluding hydrogens is 272 g/mol. The van der Waals surface area contributed by atoms with E-state index in [1.165, 1.54) is 0 Å². The van der Waals surface area contributed by atoms with Gasteiger partial charge in [0.25, 0.3) is 0 Å². The molecule has 0 aromatic heterocycles. The quantitative estimate of drug-likeness (QED) is 0.797. The van der Waals surface area contributed by atoms with Crippen LogP contribution in [0.4, 0.5) is 0 Å². The molecule has 0 saturated heterocycles. The van der Waals surface area contributed by atoms with E-state index in [9.17, 15) is 4.79 Å². The number of carbonyl (C=O) groups excluding carboxylic acids is 1. The lowest BCUT2D eigenvalue weighted by atomic mass is 10.1. The van der Waals surface area contributed by atoms with Gasteiger partial charge in [0.05, 0.1) is 18.8 Å². The maximum atomic E-state index is 11.7. The average Bonchev–Trinajstić information content (AvgIpc) is 2.23. The lowest BCUT2D eigenvalue weighted by molar-refractivity contribution is 0.0524. The lowest BCUT2D eigenvalue weighted by Crippen LogP contribution is -2.09. The van der Waals surface area contributed by atoms with Crippen molar-refractivity contribution in [3.63, 3.8) is 0 Å². The van der Waals surface area contributed by atoms with Crippen LogP contribution in [0.15, 0.2) is 16.6 Å². The Bertz CT molecular complexity index is 388. The molecule has 0 aliphatic heterocycles. The minimum Gasteiger partial charge on any atom is -0.494 e. The van der Waals surface area contributed by atoms with E-state index >= 15 is 0 Å². The normalized spacial score (nSPS) is 10.0. The van der Waals surface area contributed by atoms with E-state index in [0.717, 1.165) is 10.0 Å². The molecule has 0 N–H and O–H groups in total. The molecule has 1 aromatic carbocycles. The highest BCUT2D eigenvalue weighted by Gasteiger charge is 2.17. The van der Waals surface area contributed by atoms with Crippen LogP contribution >= 0.6 is 15.9 Å². The van der Waals surface area contributed by atoms with E-state index in [1.54, 1.807) is 13.0 Å². The van der Waals surface area contributed by atoms with Gasteiger partial charge in [-0.3, -0.25) is 0 Å². The molecule has 88 valence electrons. The van der Waals surface area contributed by atoms with Gasteiger partial charge in [0.2, 0.25) is 0 Å². The number of hydrogen-bond donors (Lipinski definition) is 0. The molecule has 16 heavy (non-hydrogen) atoms. The Kier molecular flexibility index (Phi) is 4.80. The van der Waals surface area contributed by atoms with E-state index in [0.29, 0.717) is 24.5 Å². The molecule has 1 aromatic rings. The minimum absolute atomic E-state index is 0.326. The molecule has 0 saturated carbocycles. The molecule has 0 heterocycles. The first-order chi connectivity index (χ1) is 7.61. The van der Waals surface area contributed by atoms with E-state index in [4.69, 9.17) is 9.47 Å². The minimum atomic E-state index is -0.326. The van der Waals surface area contributed by atoms with Crippen LogP contribution in [0.25, 0.3) is 0 Å². The van der Waals surface area contributed by atoms with Gasteiger partial charge >= 0.3 is 5.97 Å². The zero-order valence-corrected chi connectivity index (χ0v) is 11.3. The number of rotatable bonds is 4. The first-order valence-electron chi connectivity index (χ1n) is 5.20. The third-order valence-corrected chi connectivity index (χ3v) is 2.80. The van der Waals surface area contributed by atoms with Crippen molar-refractivity contribution < 1.29 is 14.3 Å². The van der Waals surface area contributed by atoms with Crippen LogP contribution in [0.3, 0.4) is 0 Å². The summed E-state index contributed by atoms with van der Waals surface area (Å²) in [7, 11) is 0. The fourth-order valence-corrected chi connectivity index (χ4v) is 2.02. The second-order valence-electron chi connectivity index (χ2n) is 3.20. The van der Waals surface area contributed by atoms with Crippen molar-refractivity contribution in [3.05, 3.63) is 27.7 Å². The van der Waals surface area contributed by atoms with Crippen molar-refractivity contribution in [2.24, 2.45) is 0 Å². The molecule has 0 radical (unpaired) electrons. The van der Waals surface area contributed by atoms with Crippen molar-refractivity contribution >= 4 is 21.9 Å². The van der Waals surface area contributed by atoms with Crippen molar-refractivity contribution in [2.45, 2.75) is 20.8 Å². The smallest absolute Gasteiger partial charge is 0.339 e. The number of benzene rings is 1. The first-order valence-corrected chi connectivity index (χ1v) is 6.00. The number of ether oxygens (including phenoxy) is 2. The Morgan fingerprint density at radius 1 is 1.31 bits per heavy atom. The second kappa shape index (κ2) is 5.89. The summed E-state index contributed by atoms with van der Waals surface area (Å²) in [6.45, 7) is 6.48. The highest BCUT2D eigenvalue weighted by atomic mass is 79.9. The first kappa shape index (κ1) is 13.0. The van der Waals surface area contributed by atoms with Crippen molar-refractivity contribution in [1.29, 1.82) is 0 Å². The number of halogens is 1. The second-order valence-corrected chi connectivity index (χ2v) is 4.05. The summed E-state index contributed by atoms with van der Waals surface area (Å²) in [6, 6.07) is 3.63. The van der Waals surface area contributed by atoms with Crippen LogP contribution < -0.4 is 4.74 Å². The van der Waals surface area contributed by atoms with Gasteiger partial charge in [0, 0.05) is 10.0 Å². The summed E-state index contributed by atoms with van der Waals surface area (Å²) in [5.74, 6) is 0.391. The molecule has 0 atom stereocenters. The van der Waals surface area contributed by atoms with Crippen LogP contribution in [0.1, 0.15) is 29.8 Å². The highest BCUT2D eigenvalue weighted by Crippen LogP contribution is 2.29. The molecule has 0 bridgehead atoms. The Balaban J connectivity index is 3.15. The number of esters is 1. The summed E-state index contributed by atoms with van der Waals surface area (Å²) < 4.78 is 11.2. The van der Waals surface area contributed by atoms with Crippen LogP contribution in [0.5, 0.6) is 5.75 Å². The lowest BCUT2D eigenvalue weighted by Gasteiger charge is -2.12. The maximum Gasteiger partial charge on any atom is 0.339 e. The molecule has 4 heteroatoms. The third kappa shape index (κ3) is 2.76. The van der Waals surface area contributed by atoms with Crippen LogP contribution in [-0.2, 0) is 4.74 Å². The van der Waals surface area contributed by atoms with Gasteiger partial charge in [-0.1, -0.05) is 0 Å². The van der Waals surface area contributed by atoms with E-state index in [1.807, 2.05) is 19.9 Å². The predicted octanol–water partition coefficient (Wildman–Crippen LogP) is 3.33. The van der Waals surface area contributed by atoms with Gasteiger partial charge in [-0.05, 0) is 48.8 Å². The van der Waals surface area contributed by atoms with Gasteiger partial charge in [0.15, 0.2) is 0 Å². The van der Waals surface area contributed by atoms with Crippen LogP contribution in [0.2, 0.25) is 0 Å². The Morgan fingerprint density at radius 3 is 2.56 bits per heavy atom. The Labute approximate surface area is 104 Å². The van der Waals surface area contributed by atoms with Crippen molar-refractivity contribution in [1.82, 2.24) is 0 Å². The van der Waals surface area contributed by atoms with Gasteiger partial charge in [-0.2, -0.15) is 0 Å². The van der Waals surface area contributed by atoms with Crippen molar-refractivity contribution in [3.8, 4) is 5.75 Å². The van der Waals surface area contributed by atoms with Crippen LogP contribution in [0, 0.1) is 6.92 Å². The molecule has 0 amide bonds. The summed E-state index contributed by atoms with van der Waals surface area (Å²) >= 11 is 3.35. The molecule has 0 spiro atoms. The molecule has 1 rings (SSSR count). The average molecular weight is 287 g/mol. The third-order valence-electron chi connectivity index (χ3n) is 2.14. The Hall–Kier alpha value is -1.03. The zero-order chi connectivity index (χ0) is 12.1. The fourth-order valence-electron chi connectivity index (χ4n) is 1.43. The number of hydrogen-bond acceptors (Lipinski definition) is 3. The summed E-state index contributed by atoms with van der Waals surface area (Å²) in [5.41, 5.74) is 1.34. The molecule has 0 unspecified atom stereocenters. The number of carbonyl (C=O) groups is 1. The maximum absolute atomic E-state index is 11.7. The Morgan fingerprint density at radius 2 is 2.00 bits per heavy atom. The predicted molar refractivity (Wildman–Crippen MR) is 66.0 cm³/mol. The standard InChI is InChI=1S/C12H15BrO3/c1-4-15-10-7-6-9(13)11(8(10)3)12(14)16-5-2/h6-7H,4-5H2,1-3H3. The highest BCUT2D eigenvalue weighted by molar-refractivity contribution is 9.10. The summed E-state index contributed by atoms with van der Waals surface area (Å²) in [5, 5.41) is 0. The molecule has 3 nitrogen and oxygen atoms in total. The summed E-state index contributed by atoms with van der Waals surface area (Å²) in [6.07, 6.45) is 0. The van der Waals surface area contributed by atoms with Crippen LogP contribution in [-0.4, -0.2) is 19.2 Å². The molecule has 0 fully saturated rings. The zero-order valence-electron chi connectivity index (χ0n) is 9.67. The van der Waals surface area contributed by atoms with Gasteiger partial charge in [0.1, 0.15) is 5.75 Å². The summed E-state index contributed by atoms with van der Waals surface area (Å²) in [4.78, 5) is 11.7.